The summed E-state index contributed by atoms with van der Waals surface area (Å²) < 4.78 is 0. The lowest BCUT2D eigenvalue weighted by molar-refractivity contribution is 0.0950. The van der Waals surface area contributed by atoms with E-state index < -0.39 is 0 Å². The van der Waals surface area contributed by atoms with Gasteiger partial charge in [-0.1, -0.05) is 29.3 Å². The third kappa shape index (κ3) is 4.53. The fraction of sp³-hybridized carbons (Fsp3) is 0.120. The van der Waals surface area contributed by atoms with Gasteiger partial charge in [-0.3, -0.25) is 14.8 Å². The Balaban J connectivity index is 1.31. The summed E-state index contributed by atoms with van der Waals surface area (Å²) in [5, 5.41) is 5.98. The zero-order chi connectivity index (χ0) is 22.9. The van der Waals surface area contributed by atoms with Crippen LogP contribution < -0.4 is 5.32 Å². The number of benzene rings is 1. The number of rotatable bonds is 5. The quantitative estimate of drug-likeness (QED) is 0.344. The molecule has 0 bridgehead atoms. The SMILES string of the molecule is Cc1nc2[nH]cc(Cl)c2cc1CNC(=O)c1ccnc(Cc2ccc3ncc(Cl)cc3c2)c1. The van der Waals surface area contributed by atoms with Crippen molar-refractivity contribution in [2.75, 3.05) is 0 Å². The Labute approximate surface area is 200 Å². The molecule has 0 saturated heterocycles. The van der Waals surface area contributed by atoms with Gasteiger partial charge in [-0.05, 0) is 54.4 Å². The molecule has 0 saturated carbocycles. The van der Waals surface area contributed by atoms with Crippen LogP contribution in [0.25, 0.3) is 21.9 Å². The van der Waals surface area contributed by atoms with E-state index in [-0.39, 0.29) is 5.91 Å². The number of aromatic amines is 1. The lowest BCUT2D eigenvalue weighted by Crippen LogP contribution is -2.23. The molecule has 164 valence electrons. The highest BCUT2D eigenvalue weighted by molar-refractivity contribution is 6.35. The molecule has 1 amide bonds. The van der Waals surface area contributed by atoms with Gasteiger partial charge in [0.15, 0.2) is 0 Å². The Bertz CT molecular complexity index is 1510. The van der Waals surface area contributed by atoms with Crippen LogP contribution in [0.4, 0.5) is 0 Å². The fourth-order valence-corrected chi connectivity index (χ4v) is 4.16. The van der Waals surface area contributed by atoms with E-state index >= 15 is 0 Å². The normalized spacial score (nSPS) is 11.2. The van der Waals surface area contributed by atoms with Crippen molar-refractivity contribution < 1.29 is 4.79 Å². The van der Waals surface area contributed by atoms with Gasteiger partial charge in [-0.15, -0.1) is 0 Å². The number of nitrogens with one attached hydrogen (secondary N) is 2. The molecule has 2 N–H and O–H groups in total. The molecule has 5 aromatic rings. The number of nitrogens with zero attached hydrogens (tertiary/aromatic N) is 3. The number of carbonyl (C=O) groups is 1. The van der Waals surface area contributed by atoms with Crippen LogP contribution in [0.3, 0.4) is 0 Å². The van der Waals surface area contributed by atoms with Gasteiger partial charge in [0, 0.05) is 59.3 Å². The Morgan fingerprint density at radius 1 is 1.09 bits per heavy atom. The zero-order valence-electron chi connectivity index (χ0n) is 17.7. The zero-order valence-corrected chi connectivity index (χ0v) is 19.2. The second kappa shape index (κ2) is 8.81. The molecule has 0 spiro atoms. The summed E-state index contributed by atoms with van der Waals surface area (Å²) in [6, 6.07) is 13.4. The first kappa shape index (κ1) is 21.4. The molecular formula is C25H19Cl2N5O. The van der Waals surface area contributed by atoms with Gasteiger partial charge in [-0.25, -0.2) is 4.98 Å². The van der Waals surface area contributed by atoms with Crippen molar-refractivity contribution in [2.24, 2.45) is 0 Å². The Hall–Kier alpha value is -3.48. The minimum Gasteiger partial charge on any atom is -0.348 e. The summed E-state index contributed by atoms with van der Waals surface area (Å²) >= 11 is 12.3. The molecule has 4 heterocycles. The fourth-order valence-electron chi connectivity index (χ4n) is 3.79. The van der Waals surface area contributed by atoms with E-state index in [1.54, 1.807) is 24.7 Å². The molecule has 0 aliphatic carbocycles. The maximum Gasteiger partial charge on any atom is 0.251 e. The molecule has 0 radical (unpaired) electrons. The van der Waals surface area contributed by atoms with Gasteiger partial charge in [-0.2, -0.15) is 0 Å². The van der Waals surface area contributed by atoms with Gasteiger partial charge in [0.25, 0.3) is 5.91 Å². The van der Waals surface area contributed by atoms with Crippen molar-refractivity contribution in [3.63, 3.8) is 0 Å². The summed E-state index contributed by atoms with van der Waals surface area (Å²) in [7, 11) is 0. The molecule has 33 heavy (non-hydrogen) atoms. The van der Waals surface area contributed by atoms with Crippen LogP contribution in [0, 0.1) is 6.92 Å². The predicted molar refractivity (Wildman–Crippen MR) is 131 cm³/mol. The molecular weight excluding hydrogens is 457 g/mol. The second-order valence-corrected chi connectivity index (χ2v) is 8.69. The van der Waals surface area contributed by atoms with E-state index in [2.05, 4.69) is 25.3 Å². The van der Waals surface area contributed by atoms with Crippen LogP contribution in [-0.2, 0) is 13.0 Å². The first-order valence-electron chi connectivity index (χ1n) is 10.4. The highest BCUT2D eigenvalue weighted by Crippen LogP contribution is 2.24. The van der Waals surface area contributed by atoms with Crippen LogP contribution >= 0.6 is 23.2 Å². The van der Waals surface area contributed by atoms with Crippen LogP contribution in [-0.4, -0.2) is 25.8 Å². The van der Waals surface area contributed by atoms with Gasteiger partial charge < -0.3 is 10.3 Å². The number of carbonyl (C=O) groups excluding carboxylic acids is 1. The third-order valence-electron chi connectivity index (χ3n) is 5.53. The molecule has 0 aliphatic rings. The smallest absolute Gasteiger partial charge is 0.251 e. The highest BCUT2D eigenvalue weighted by atomic mass is 35.5. The highest BCUT2D eigenvalue weighted by Gasteiger charge is 2.11. The molecule has 5 rings (SSSR count). The van der Waals surface area contributed by atoms with Crippen molar-refractivity contribution in [2.45, 2.75) is 19.9 Å². The number of aromatic nitrogens is 4. The summed E-state index contributed by atoms with van der Waals surface area (Å²) in [6.45, 7) is 2.26. The Morgan fingerprint density at radius 2 is 1.97 bits per heavy atom. The predicted octanol–water partition coefficient (Wildman–Crippen LogP) is 5.64. The third-order valence-corrected chi connectivity index (χ3v) is 6.05. The van der Waals surface area contributed by atoms with Crippen molar-refractivity contribution in [1.29, 1.82) is 0 Å². The number of pyridine rings is 3. The van der Waals surface area contributed by atoms with Crippen LogP contribution in [0.5, 0.6) is 0 Å². The first-order chi connectivity index (χ1) is 16.0. The van der Waals surface area contributed by atoms with E-state index in [4.69, 9.17) is 23.2 Å². The van der Waals surface area contributed by atoms with E-state index in [0.717, 1.165) is 44.5 Å². The number of halogens is 2. The standard InChI is InChI=1S/C25H19Cl2N5O/c1-14-18(10-21-22(27)13-30-24(21)32-14)11-31-25(33)16-4-5-28-20(9-16)7-15-2-3-23-17(6-15)8-19(26)12-29-23/h2-6,8-10,12-13H,7,11H2,1H3,(H,30,32)(H,31,33). The van der Waals surface area contributed by atoms with Crippen molar-refractivity contribution in [3.05, 3.63) is 99.2 Å². The van der Waals surface area contributed by atoms with Crippen molar-refractivity contribution in [1.82, 2.24) is 25.3 Å². The average molecular weight is 476 g/mol. The summed E-state index contributed by atoms with van der Waals surface area (Å²) in [5.74, 6) is -0.173. The number of amides is 1. The minimum atomic E-state index is -0.173. The van der Waals surface area contributed by atoms with E-state index in [9.17, 15) is 4.79 Å². The van der Waals surface area contributed by atoms with E-state index in [1.165, 1.54) is 0 Å². The minimum absolute atomic E-state index is 0.173. The summed E-state index contributed by atoms with van der Waals surface area (Å²) in [4.78, 5) is 29.1. The molecule has 0 fully saturated rings. The largest absolute Gasteiger partial charge is 0.348 e. The maximum absolute atomic E-state index is 12.8. The van der Waals surface area contributed by atoms with E-state index in [0.29, 0.717) is 28.6 Å². The Morgan fingerprint density at radius 3 is 2.85 bits per heavy atom. The number of H-pyrrole nitrogens is 1. The van der Waals surface area contributed by atoms with E-state index in [1.807, 2.05) is 43.3 Å². The molecule has 6 nitrogen and oxygen atoms in total. The Kier molecular flexibility index (Phi) is 5.70. The van der Waals surface area contributed by atoms with Gasteiger partial charge in [0.05, 0.1) is 15.6 Å². The number of fused-ring (bicyclic) bond motifs is 2. The van der Waals surface area contributed by atoms with Crippen molar-refractivity contribution in [3.8, 4) is 0 Å². The average Bonchev–Trinajstić information content (AvgIpc) is 3.16. The maximum atomic E-state index is 12.8. The van der Waals surface area contributed by atoms with Crippen LogP contribution in [0.2, 0.25) is 10.0 Å². The summed E-state index contributed by atoms with van der Waals surface area (Å²) in [5.41, 5.74) is 5.78. The lowest BCUT2D eigenvalue weighted by Gasteiger charge is -2.09. The van der Waals surface area contributed by atoms with Crippen LogP contribution in [0.15, 0.2) is 61.1 Å². The molecule has 4 aromatic heterocycles. The lowest BCUT2D eigenvalue weighted by atomic mass is 10.0. The second-order valence-electron chi connectivity index (χ2n) is 7.84. The number of aryl methyl sites for hydroxylation is 1. The topological polar surface area (TPSA) is 83.6 Å². The number of hydrogen-bond acceptors (Lipinski definition) is 4. The number of hydrogen-bond donors (Lipinski definition) is 2. The molecule has 1 aromatic carbocycles. The molecule has 0 aliphatic heterocycles. The molecule has 8 heteroatoms. The van der Waals surface area contributed by atoms with Gasteiger partial charge in [0.1, 0.15) is 5.65 Å². The van der Waals surface area contributed by atoms with Gasteiger partial charge >= 0.3 is 0 Å². The molecule has 0 unspecified atom stereocenters. The molecule has 0 atom stereocenters. The van der Waals surface area contributed by atoms with Crippen molar-refractivity contribution >= 4 is 51.0 Å². The van der Waals surface area contributed by atoms with Gasteiger partial charge in [0.2, 0.25) is 0 Å². The monoisotopic (exact) mass is 475 g/mol. The summed E-state index contributed by atoms with van der Waals surface area (Å²) in [6.07, 6.45) is 5.59. The van der Waals surface area contributed by atoms with Crippen LogP contribution in [0.1, 0.15) is 32.9 Å². The first-order valence-corrected chi connectivity index (χ1v) is 11.1.